The van der Waals surface area contributed by atoms with Crippen molar-refractivity contribution in [1.29, 1.82) is 5.41 Å². The predicted octanol–water partition coefficient (Wildman–Crippen LogP) is 4.56. The highest BCUT2D eigenvalue weighted by Crippen LogP contribution is 2.34. The molecule has 0 spiro atoms. The van der Waals surface area contributed by atoms with Crippen LogP contribution in [0.3, 0.4) is 0 Å². The first kappa shape index (κ1) is 28.9. The smallest absolute Gasteiger partial charge is 0.319 e. The number of anilines is 3. The number of piperazine rings is 1. The Hall–Kier alpha value is -4.60. The second-order valence-electron chi connectivity index (χ2n) is 10.7. The first-order chi connectivity index (χ1) is 20.4. The number of carbonyl (C=O) groups is 1. The van der Waals surface area contributed by atoms with Crippen LogP contribution in [0, 0.1) is 5.41 Å². The summed E-state index contributed by atoms with van der Waals surface area (Å²) in [7, 11) is 5.47. The number of fused-ring (bicyclic) bond motifs is 1. The summed E-state index contributed by atoms with van der Waals surface area (Å²) in [5, 5.41) is 15.5. The molecule has 2 aliphatic rings. The van der Waals surface area contributed by atoms with Gasteiger partial charge in [0.15, 0.2) is 0 Å². The molecule has 2 aromatic carbocycles. The fraction of sp³-hybridized carbons (Fsp3) is 0.375. The average Bonchev–Trinajstić information content (AvgIpc) is 3.01. The zero-order valence-electron chi connectivity index (χ0n) is 24.9. The van der Waals surface area contributed by atoms with Crippen molar-refractivity contribution in [3.63, 3.8) is 0 Å². The molecule has 10 heteroatoms. The fourth-order valence-electron chi connectivity index (χ4n) is 5.47. The Balaban J connectivity index is 1.39. The van der Waals surface area contributed by atoms with Gasteiger partial charge in [-0.25, -0.2) is 14.8 Å². The van der Waals surface area contributed by atoms with Gasteiger partial charge in [-0.15, -0.1) is 0 Å². The first-order valence-corrected chi connectivity index (χ1v) is 14.5. The van der Waals surface area contributed by atoms with Gasteiger partial charge in [0, 0.05) is 88.7 Å². The van der Waals surface area contributed by atoms with Gasteiger partial charge >= 0.3 is 6.03 Å². The first-order valence-electron chi connectivity index (χ1n) is 14.5. The van der Waals surface area contributed by atoms with E-state index in [1.165, 1.54) is 5.56 Å². The van der Waals surface area contributed by atoms with E-state index in [-0.39, 0.29) is 6.03 Å². The van der Waals surface area contributed by atoms with E-state index in [1.54, 1.807) is 19.0 Å². The number of carbonyl (C=O) groups excluding carboxylic acids is 1. The summed E-state index contributed by atoms with van der Waals surface area (Å²) in [6.45, 7) is 5.34. The maximum absolute atomic E-state index is 12.3. The number of allylic oxidation sites excluding steroid dienone is 2. The maximum Gasteiger partial charge on any atom is 0.319 e. The Morgan fingerprint density at radius 1 is 1.07 bits per heavy atom. The van der Waals surface area contributed by atoms with Crippen LogP contribution in [0.4, 0.5) is 22.1 Å². The molecule has 0 saturated carbocycles. The minimum atomic E-state index is 0.0456. The molecule has 3 aromatic rings. The standard InChI is InChI=1S/C32H40N8O2/c1-5-42-28-20-24(39-15-17-40(18-16-39)32(41)38(3)4)12-14-26(28)36-31-35-21-23-11-13-25(33)29(30(23)37-31)27(34-2)19-22-9-7-6-8-10-22/h6-10,12,14,20-21,33-34H,5,11,13,15-19H2,1-4H3,(H,35,36,37)/b29-27+,33-25?. The fourth-order valence-corrected chi connectivity index (χ4v) is 5.47. The molecule has 1 fully saturated rings. The van der Waals surface area contributed by atoms with Crippen LogP contribution in [-0.4, -0.2) is 85.4 Å². The molecule has 42 heavy (non-hydrogen) atoms. The van der Waals surface area contributed by atoms with Crippen molar-refractivity contribution in [3.05, 3.63) is 77.2 Å². The number of rotatable bonds is 8. The lowest BCUT2D eigenvalue weighted by molar-refractivity contribution is 0.168. The van der Waals surface area contributed by atoms with Gasteiger partial charge in [-0.3, -0.25) is 0 Å². The molecule has 220 valence electrons. The van der Waals surface area contributed by atoms with Gasteiger partial charge in [0.2, 0.25) is 5.95 Å². The SMILES string of the molecule is CCOc1cc(N2CCN(C(=O)N(C)C)CC2)ccc1Nc1ncc2c(n1)/C(=C(\Cc1ccccc1)NC)C(=N)CC2. The Morgan fingerprint density at radius 3 is 2.52 bits per heavy atom. The number of benzene rings is 2. The summed E-state index contributed by atoms with van der Waals surface area (Å²) < 4.78 is 6.03. The third kappa shape index (κ3) is 6.32. The van der Waals surface area contributed by atoms with Crippen LogP contribution in [-0.2, 0) is 12.8 Å². The molecule has 0 atom stereocenters. The average molecular weight is 569 g/mol. The van der Waals surface area contributed by atoms with Gasteiger partial charge in [-0.05, 0) is 43.0 Å². The highest BCUT2D eigenvalue weighted by molar-refractivity contribution is 6.24. The highest BCUT2D eigenvalue weighted by Gasteiger charge is 2.26. The molecular weight excluding hydrogens is 528 g/mol. The Bertz CT molecular complexity index is 1460. The van der Waals surface area contributed by atoms with Crippen molar-refractivity contribution in [1.82, 2.24) is 25.1 Å². The van der Waals surface area contributed by atoms with E-state index in [1.807, 2.05) is 55.4 Å². The zero-order valence-corrected chi connectivity index (χ0v) is 24.9. The van der Waals surface area contributed by atoms with Gasteiger partial charge in [0.1, 0.15) is 5.75 Å². The van der Waals surface area contributed by atoms with Crippen LogP contribution >= 0.6 is 0 Å². The molecule has 0 radical (unpaired) electrons. The second kappa shape index (κ2) is 12.9. The summed E-state index contributed by atoms with van der Waals surface area (Å²) >= 11 is 0. The number of likely N-dealkylation sites (N-methyl/N-ethyl adjacent to an activating group) is 1. The summed E-state index contributed by atoms with van der Waals surface area (Å²) in [4.78, 5) is 27.7. The Labute approximate surface area is 247 Å². The molecule has 0 unspecified atom stereocenters. The van der Waals surface area contributed by atoms with Gasteiger partial charge in [0.05, 0.1) is 18.0 Å². The Morgan fingerprint density at radius 2 is 1.83 bits per heavy atom. The van der Waals surface area contributed by atoms with Crippen molar-refractivity contribution in [2.24, 2.45) is 0 Å². The van der Waals surface area contributed by atoms with Gasteiger partial charge in [-0.2, -0.15) is 0 Å². The van der Waals surface area contributed by atoms with Crippen LogP contribution in [0.5, 0.6) is 5.75 Å². The largest absolute Gasteiger partial charge is 0.492 e. The lowest BCUT2D eigenvalue weighted by Gasteiger charge is -2.37. The third-order valence-corrected chi connectivity index (χ3v) is 7.68. The number of hydrogen-bond donors (Lipinski definition) is 3. The van der Waals surface area contributed by atoms with E-state index in [2.05, 4.69) is 38.7 Å². The minimum absolute atomic E-state index is 0.0456. The topological polar surface area (TPSA) is 110 Å². The number of hydrogen-bond acceptors (Lipinski definition) is 8. The second-order valence-corrected chi connectivity index (χ2v) is 10.7. The van der Waals surface area contributed by atoms with E-state index < -0.39 is 0 Å². The summed E-state index contributed by atoms with van der Waals surface area (Å²) in [6.07, 6.45) is 3.96. The van der Waals surface area contributed by atoms with Gasteiger partial charge in [-0.1, -0.05) is 30.3 Å². The number of amides is 2. The zero-order chi connectivity index (χ0) is 29.6. The summed E-state index contributed by atoms with van der Waals surface area (Å²) in [5.41, 5.74) is 7.24. The molecule has 1 aliphatic heterocycles. The molecule has 1 saturated heterocycles. The molecule has 3 N–H and O–H groups in total. The molecule has 2 heterocycles. The van der Waals surface area contributed by atoms with Crippen LogP contribution in [0.15, 0.2) is 60.4 Å². The summed E-state index contributed by atoms with van der Waals surface area (Å²) in [5.74, 6) is 1.17. The van der Waals surface area contributed by atoms with Crippen molar-refractivity contribution in [2.75, 3.05) is 64.1 Å². The molecule has 10 nitrogen and oxygen atoms in total. The number of nitrogens with one attached hydrogen (secondary N) is 3. The van der Waals surface area contributed by atoms with Crippen LogP contribution in [0.25, 0.3) is 5.57 Å². The summed E-state index contributed by atoms with van der Waals surface area (Å²) in [6, 6.07) is 16.4. The van der Waals surface area contributed by atoms with Crippen LogP contribution < -0.4 is 20.3 Å². The number of aryl methyl sites for hydroxylation is 1. The third-order valence-electron chi connectivity index (χ3n) is 7.68. The monoisotopic (exact) mass is 568 g/mol. The Kier molecular flexibility index (Phi) is 8.90. The predicted molar refractivity (Wildman–Crippen MR) is 168 cm³/mol. The molecule has 1 aliphatic carbocycles. The number of nitrogens with zero attached hydrogens (tertiary/aromatic N) is 5. The normalized spacial score (nSPS) is 16.0. The van der Waals surface area contributed by atoms with E-state index in [9.17, 15) is 4.79 Å². The van der Waals surface area contributed by atoms with E-state index in [0.717, 1.165) is 53.4 Å². The number of aromatic nitrogens is 2. The molecule has 2 amide bonds. The van der Waals surface area contributed by atoms with E-state index in [4.69, 9.17) is 15.1 Å². The molecule has 0 bridgehead atoms. The van der Waals surface area contributed by atoms with Crippen molar-refractivity contribution < 1.29 is 9.53 Å². The maximum atomic E-state index is 12.3. The van der Waals surface area contributed by atoms with Crippen LogP contribution in [0.2, 0.25) is 0 Å². The molecule has 1 aromatic heterocycles. The van der Waals surface area contributed by atoms with E-state index >= 15 is 0 Å². The molecular formula is C32H40N8O2. The lowest BCUT2D eigenvalue weighted by atomic mass is 9.88. The van der Waals surface area contributed by atoms with Crippen molar-refractivity contribution in [2.45, 2.75) is 26.2 Å². The quantitative estimate of drug-likeness (QED) is 0.365. The lowest BCUT2D eigenvalue weighted by Crippen LogP contribution is -2.51. The van der Waals surface area contributed by atoms with Gasteiger partial charge in [0.25, 0.3) is 0 Å². The molecule has 5 rings (SSSR count). The number of urea groups is 1. The van der Waals surface area contributed by atoms with Gasteiger partial charge < -0.3 is 35.5 Å². The minimum Gasteiger partial charge on any atom is -0.492 e. The van der Waals surface area contributed by atoms with Crippen molar-refractivity contribution in [3.8, 4) is 5.75 Å². The van der Waals surface area contributed by atoms with E-state index in [0.29, 0.717) is 49.9 Å². The highest BCUT2D eigenvalue weighted by atomic mass is 16.5. The van der Waals surface area contributed by atoms with Crippen LogP contribution in [0.1, 0.15) is 30.2 Å². The van der Waals surface area contributed by atoms with Crippen molar-refractivity contribution >= 4 is 34.6 Å². The number of ether oxygens (including phenoxy) is 1.